The van der Waals surface area contributed by atoms with Crippen molar-refractivity contribution >= 4 is 15.9 Å². The molecular formula is C10H14BrNO. The molecule has 0 heterocycles. The summed E-state index contributed by atoms with van der Waals surface area (Å²) < 4.78 is 6.43. The molecule has 0 fully saturated rings. The van der Waals surface area contributed by atoms with Gasteiger partial charge in [0, 0.05) is 18.1 Å². The molecule has 13 heavy (non-hydrogen) atoms. The Hall–Kier alpha value is -0.380. The number of hydrogen-bond acceptors (Lipinski definition) is 2. The number of nitrogens with two attached hydrogens (primary N) is 1. The molecule has 72 valence electrons. The zero-order valence-corrected chi connectivity index (χ0v) is 9.47. The monoisotopic (exact) mass is 243 g/mol. The summed E-state index contributed by atoms with van der Waals surface area (Å²) in [4.78, 5) is 0. The molecule has 1 rings (SSSR count). The maximum atomic E-state index is 5.65. The summed E-state index contributed by atoms with van der Waals surface area (Å²) in [6.45, 7) is 2.46. The maximum absolute atomic E-state index is 5.65. The fraction of sp³-hybridized carbons (Fsp3) is 0.400. The minimum Gasteiger partial charge on any atom is -0.372 e. The van der Waals surface area contributed by atoms with Crippen LogP contribution >= 0.6 is 15.9 Å². The molecule has 1 aromatic rings. The zero-order valence-electron chi connectivity index (χ0n) is 7.88. The Morgan fingerprint density at radius 2 is 1.92 bits per heavy atom. The number of hydrogen-bond donors (Lipinski definition) is 1. The lowest BCUT2D eigenvalue weighted by atomic mass is 9.96. The molecule has 2 N–H and O–H groups in total. The minimum atomic E-state index is -0.374. The maximum Gasteiger partial charge on any atom is 0.102 e. The van der Waals surface area contributed by atoms with Gasteiger partial charge in [0.2, 0.25) is 0 Å². The van der Waals surface area contributed by atoms with Crippen molar-refractivity contribution in [3.8, 4) is 0 Å². The van der Waals surface area contributed by atoms with Crippen LogP contribution in [-0.4, -0.2) is 13.7 Å². The van der Waals surface area contributed by atoms with Gasteiger partial charge in [-0.25, -0.2) is 0 Å². The summed E-state index contributed by atoms with van der Waals surface area (Å²) in [5, 5.41) is 0. The molecule has 0 spiro atoms. The smallest absolute Gasteiger partial charge is 0.102 e. The Balaban J connectivity index is 2.99. The molecule has 1 unspecified atom stereocenters. The molecule has 0 aliphatic rings. The lowest BCUT2D eigenvalue weighted by molar-refractivity contribution is 0.0101. The van der Waals surface area contributed by atoms with E-state index in [2.05, 4.69) is 15.9 Å². The quantitative estimate of drug-likeness (QED) is 0.885. The van der Waals surface area contributed by atoms with Crippen molar-refractivity contribution in [1.29, 1.82) is 0 Å². The van der Waals surface area contributed by atoms with E-state index in [1.54, 1.807) is 7.11 Å². The van der Waals surface area contributed by atoms with Crippen LogP contribution in [-0.2, 0) is 10.3 Å². The average molecular weight is 244 g/mol. The predicted molar refractivity (Wildman–Crippen MR) is 57.6 cm³/mol. The third-order valence-corrected chi connectivity index (χ3v) is 2.82. The Labute approximate surface area is 87.2 Å². The van der Waals surface area contributed by atoms with E-state index in [9.17, 15) is 0 Å². The van der Waals surface area contributed by atoms with Crippen LogP contribution in [0.1, 0.15) is 12.5 Å². The van der Waals surface area contributed by atoms with Crippen molar-refractivity contribution in [3.05, 3.63) is 34.3 Å². The molecule has 3 heteroatoms. The first-order valence-electron chi connectivity index (χ1n) is 4.13. The third-order valence-electron chi connectivity index (χ3n) is 2.29. The first-order chi connectivity index (χ1) is 6.12. The van der Waals surface area contributed by atoms with Crippen LogP contribution in [0.4, 0.5) is 0 Å². The van der Waals surface area contributed by atoms with E-state index in [4.69, 9.17) is 10.5 Å². The van der Waals surface area contributed by atoms with Crippen molar-refractivity contribution in [2.24, 2.45) is 5.73 Å². The van der Waals surface area contributed by atoms with Gasteiger partial charge in [-0.1, -0.05) is 28.1 Å². The largest absolute Gasteiger partial charge is 0.372 e. The second-order valence-corrected chi connectivity index (χ2v) is 4.06. The summed E-state index contributed by atoms with van der Waals surface area (Å²) in [6, 6.07) is 8.01. The first kappa shape index (κ1) is 10.7. The number of rotatable bonds is 3. The van der Waals surface area contributed by atoms with Gasteiger partial charge in [0.25, 0.3) is 0 Å². The lowest BCUT2D eigenvalue weighted by Crippen LogP contribution is -2.33. The number of methoxy groups -OCH3 is 1. The highest BCUT2D eigenvalue weighted by molar-refractivity contribution is 9.10. The van der Waals surface area contributed by atoms with Crippen LogP contribution in [0, 0.1) is 0 Å². The molecule has 0 saturated carbocycles. The van der Waals surface area contributed by atoms with Crippen LogP contribution in [0.2, 0.25) is 0 Å². The van der Waals surface area contributed by atoms with Crippen LogP contribution in [0.25, 0.3) is 0 Å². The van der Waals surface area contributed by atoms with Gasteiger partial charge in [0.15, 0.2) is 0 Å². The van der Waals surface area contributed by atoms with Gasteiger partial charge in [-0.05, 0) is 24.6 Å². The van der Waals surface area contributed by atoms with Crippen LogP contribution in [0.3, 0.4) is 0 Å². The molecule has 2 nitrogen and oxygen atoms in total. The Kier molecular flexibility index (Phi) is 3.47. The van der Waals surface area contributed by atoms with Crippen LogP contribution in [0.15, 0.2) is 28.7 Å². The van der Waals surface area contributed by atoms with Crippen molar-refractivity contribution in [2.45, 2.75) is 12.5 Å². The highest BCUT2D eigenvalue weighted by Crippen LogP contribution is 2.24. The Bertz CT molecular complexity index is 267. The van der Waals surface area contributed by atoms with Gasteiger partial charge in [-0.3, -0.25) is 0 Å². The zero-order chi connectivity index (χ0) is 9.90. The van der Waals surface area contributed by atoms with Gasteiger partial charge in [0.05, 0.1) is 0 Å². The number of ether oxygens (including phenoxy) is 1. The summed E-state index contributed by atoms with van der Waals surface area (Å²) in [7, 11) is 1.68. The van der Waals surface area contributed by atoms with E-state index in [0.717, 1.165) is 10.0 Å². The average Bonchev–Trinajstić information content (AvgIpc) is 2.18. The second-order valence-electron chi connectivity index (χ2n) is 3.15. The van der Waals surface area contributed by atoms with E-state index < -0.39 is 0 Å². The van der Waals surface area contributed by atoms with Crippen molar-refractivity contribution in [2.75, 3.05) is 13.7 Å². The third kappa shape index (κ3) is 2.30. The normalized spacial score (nSPS) is 15.4. The SMILES string of the molecule is COC(C)(CN)c1ccc(Br)cc1. The van der Waals surface area contributed by atoms with E-state index >= 15 is 0 Å². The summed E-state index contributed by atoms with van der Waals surface area (Å²) in [5.74, 6) is 0. The molecule has 1 atom stereocenters. The number of benzene rings is 1. The first-order valence-corrected chi connectivity index (χ1v) is 4.93. The number of halogens is 1. The van der Waals surface area contributed by atoms with Gasteiger partial charge in [-0.15, -0.1) is 0 Å². The second kappa shape index (κ2) is 4.22. The molecule has 0 radical (unpaired) electrons. The predicted octanol–water partition coefficient (Wildman–Crippen LogP) is 2.27. The fourth-order valence-corrected chi connectivity index (χ4v) is 1.39. The van der Waals surface area contributed by atoms with E-state index in [1.165, 1.54) is 0 Å². The van der Waals surface area contributed by atoms with E-state index in [0.29, 0.717) is 6.54 Å². The molecule has 0 bridgehead atoms. The fourth-order valence-electron chi connectivity index (χ4n) is 1.12. The van der Waals surface area contributed by atoms with Crippen LogP contribution in [0.5, 0.6) is 0 Å². The van der Waals surface area contributed by atoms with Crippen LogP contribution < -0.4 is 5.73 Å². The minimum absolute atomic E-state index is 0.374. The lowest BCUT2D eigenvalue weighted by Gasteiger charge is -2.26. The Morgan fingerprint density at radius 3 is 2.31 bits per heavy atom. The summed E-state index contributed by atoms with van der Waals surface area (Å²) in [6.07, 6.45) is 0. The summed E-state index contributed by atoms with van der Waals surface area (Å²) >= 11 is 3.38. The highest BCUT2D eigenvalue weighted by atomic mass is 79.9. The topological polar surface area (TPSA) is 35.2 Å². The highest BCUT2D eigenvalue weighted by Gasteiger charge is 2.23. The van der Waals surface area contributed by atoms with Crippen molar-refractivity contribution in [3.63, 3.8) is 0 Å². The molecular weight excluding hydrogens is 230 g/mol. The van der Waals surface area contributed by atoms with Gasteiger partial charge < -0.3 is 10.5 Å². The van der Waals surface area contributed by atoms with Gasteiger partial charge in [0.1, 0.15) is 5.60 Å². The molecule has 0 saturated heterocycles. The van der Waals surface area contributed by atoms with E-state index in [-0.39, 0.29) is 5.60 Å². The Morgan fingerprint density at radius 1 is 1.38 bits per heavy atom. The standard InChI is InChI=1S/C10H14BrNO/c1-10(7-12,13-2)8-3-5-9(11)6-4-8/h3-6H,7,12H2,1-2H3. The molecule has 1 aromatic carbocycles. The summed E-state index contributed by atoms with van der Waals surface area (Å²) in [5.41, 5.74) is 6.37. The van der Waals surface area contributed by atoms with Crippen molar-refractivity contribution < 1.29 is 4.74 Å². The van der Waals surface area contributed by atoms with Gasteiger partial charge in [-0.2, -0.15) is 0 Å². The molecule has 0 aliphatic carbocycles. The van der Waals surface area contributed by atoms with Gasteiger partial charge >= 0.3 is 0 Å². The van der Waals surface area contributed by atoms with E-state index in [1.807, 2.05) is 31.2 Å². The molecule has 0 amide bonds. The van der Waals surface area contributed by atoms with Crippen molar-refractivity contribution in [1.82, 2.24) is 0 Å². The molecule has 0 aromatic heterocycles. The molecule has 0 aliphatic heterocycles.